The van der Waals surface area contributed by atoms with Crippen molar-refractivity contribution in [3.8, 4) is 0 Å². The predicted octanol–water partition coefficient (Wildman–Crippen LogP) is 1.27. The van der Waals surface area contributed by atoms with Gasteiger partial charge < -0.3 is 9.73 Å². The lowest BCUT2D eigenvalue weighted by Crippen LogP contribution is -2.34. The Morgan fingerprint density at radius 2 is 2.38 bits per heavy atom. The molecule has 1 heterocycles. The smallest absolute Gasteiger partial charge is 0.273 e. The Bertz CT molecular complexity index is 339. The van der Waals surface area contributed by atoms with Crippen molar-refractivity contribution in [3.63, 3.8) is 0 Å². The molecule has 1 amide bonds. The number of amides is 1. The number of carbonyl (C=O) groups is 1. The van der Waals surface area contributed by atoms with Crippen LogP contribution in [0.15, 0.2) is 10.8 Å². The maximum atomic E-state index is 11.5. The molecule has 0 unspecified atom stereocenters. The second-order valence-corrected chi connectivity index (χ2v) is 3.77. The van der Waals surface area contributed by atoms with E-state index in [4.69, 9.17) is 4.42 Å². The Morgan fingerprint density at radius 3 is 2.85 bits per heavy atom. The van der Waals surface area contributed by atoms with Gasteiger partial charge in [-0.1, -0.05) is 0 Å². The van der Waals surface area contributed by atoms with Crippen LogP contribution in [0.2, 0.25) is 0 Å². The minimum Gasteiger partial charge on any atom is -0.448 e. The molecule has 0 spiro atoms. The third-order valence-electron chi connectivity index (χ3n) is 2.38. The zero-order valence-electron chi connectivity index (χ0n) is 7.76. The maximum Gasteiger partial charge on any atom is 0.273 e. The molecule has 0 radical (unpaired) electrons. The SMILES string of the molecule is Cc1ocnc1C(=O)NC1(C)CC1. The maximum absolute atomic E-state index is 11.5. The van der Waals surface area contributed by atoms with Crippen LogP contribution in [-0.4, -0.2) is 16.4 Å². The molecule has 0 aromatic carbocycles. The third kappa shape index (κ3) is 1.56. The zero-order chi connectivity index (χ0) is 9.47. The zero-order valence-corrected chi connectivity index (χ0v) is 7.76. The van der Waals surface area contributed by atoms with Crippen LogP contribution >= 0.6 is 0 Å². The summed E-state index contributed by atoms with van der Waals surface area (Å²) in [6, 6.07) is 0. The van der Waals surface area contributed by atoms with Crippen LogP contribution in [0.3, 0.4) is 0 Å². The summed E-state index contributed by atoms with van der Waals surface area (Å²) in [6.07, 6.45) is 3.39. The molecule has 1 saturated carbocycles. The molecule has 70 valence electrons. The summed E-state index contributed by atoms with van der Waals surface area (Å²) >= 11 is 0. The summed E-state index contributed by atoms with van der Waals surface area (Å²) in [5, 5.41) is 2.91. The number of aromatic nitrogens is 1. The van der Waals surface area contributed by atoms with Crippen LogP contribution in [0.1, 0.15) is 36.0 Å². The molecule has 0 bridgehead atoms. The number of rotatable bonds is 2. The van der Waals surface area contributed by atoms with Gasteiger partial charge in [0.2, 0.25) is 0 Å². The topological polar surface area (TPSA) is 55.1 Å². The molecule has 1 aliphatic carbocycles. The number of oxazole rings is 1. The molecule has 1 aliphatic rings. The lowest BCUT2D eigenvalue weighted by Gasteiger charge is -2.09. The highest BCUT2D eigenvalue weighted by atomic mass is 16.3. The van der Waals surface area contributed by atoms with Crippen LogP contribution in [0.25, 0.3) is 0 Å². The van der Waals surface area contributed by atoms with E-state index in [9.17, 15) is 4.79 Å². The highest BCUT2D eigenvalue weighted by Gasteiger charge is 2.39. The van der Waals surface area contributed by atoms with Crippen molar-refractivity contribution in [2.45, 2.75) is 32.2 Å². The first-order chi connectivity index (χ1) is 6.11. The summed E-state index contributed by atoms with van der Waals surface area (Å²) in [6.45, 7) is 3.76. The lowest BCUT2D eigenvalue weighted by molar-refractivity contribution is 0.0929. The third-order valence-corrected chi connectivity index (χ3v) is 2.38. The molecule has 1 fully saturated rings. The van der Waals surface area contributed by atoms with Crippen molar-refractivity contribution in [1.82, 2.24) is 10.3 Å². The van der Waals surface area contributed by atoms with E-state index in [1.807, 2.05) is 6.92 Å². The lowest BCUT2D eigenvalue weighted by atomic mass is 10.3. The summed E-state index contributed by atoms with van der Waals surface area (Å²) in [4.78, 5) is 15.4. The van der Waals surface area contributed by atoms with Gasteiger partial charge in [-0.15, -0.1) is 0 Å². The minimum absolute atomic E-state index is 0.00245. The van der Waals surface area contributed by atoms with Crippen molar-refractivity contribution in [2.75, 3.05) is 0 Å². The fourth-order valence-electron chi connectivity index (χ4n) is 1.17. The summed E-state index contributed by atoms with van der Waals surface area (Å²) in [5.74, 6) is 0.438. The van der Waals surface area contributed by atoms with Crippen molar-refractivity contribution in [2.24, 2.45) is 0 Å². The molecule has 0 saturated heterocycles. The van der Waals surface area contributed by atoms with E-state index < -0.39 is 0 Å². The number of nitrogens with one attached hydrogen (secondary N) is 1. The molecule has 4 nitrogen and oxygen atoms in total. The number of nitrogens with zero attached hydrogens (tertiary/aromatic N) is 1. The largest absolute Gasteiger partial charge is 0.448 e. The molecule has 13 heavy (non-hydrogen) atoms. The standard InChI is InChI=1S/C9H12N2O2/c1-6-7(10-5-13-6)8(12)11-9(2)3-4-9/h5H,3-4H2,1-2H3,(H,11,12). The van der Waals surface area contributed by atoms with Gasteiger partial charge in [-0.05, 0) is 26.7 Å². The normalized spacial score (nSPS) is 18.3. The van der Waals surface area contributed by atoms with Gasteiger partial charge in [0.15, 0.2) is 12.1 Å². The van der Waals surface area contributed by atoms with Gasteiger partial charge in [0.05, 0.1) is 0 Å². The summed E-state index contributed by atoms with van der Waals surface area (Å²) in [7, 11) is 0. The van der Waals surface area contributed by atoms with Gasteiger partial charge in [-0.25, -0.2) is 4.98 Å². The minimum atomic E-state index is -0.133. The molecule has 0 aliphatic heterocycles. The molecular weight excluding hydrogens is 168 g/mol. The molecule has 1 aromatic heterocycles. The van der Waals surface area contributed by atoms with E-state index in [1.54, 1.807) is 6.92 Å². The second-order valence-electron chi connectivity index (χ2n) is 3.77. The molecule has 1 N–H and O–H groups in total. The Kier molecular flexibility index (Phi) is 1.65. The summed E-state index contributed by atoms with van der Waals surface area (Å²) < 4.78 is 4.95. The fourth-order valence-corrected chi connectivity index (χ4v) is 1.17. The predicted molar refractivity (Wildman–Crippen MR) is 46.3 cm³/mol. The van der Waals surface area contributed by atoms with Gasteiger partial charge in [0.25, 0.3) is 5.91 Å². The molecule has 1 aromatic rings. The molecule has 0 atom stereocenters. The van der Waals surface area contributed by atoms with Crippen LogP contribution in [0, 0.1) is 6.92 Å². The quantitative estimate of drug-likeness (QED) is 0.745. The van der Waals surface area contributed by atoms with E-state index in [-0.39, 0.29) is 11.4 Å². The molecule has 4 heteroatoms. The monoisotopic (exact) mass is 180 g/mol. The van der Waals surface area contributed by atoms with Crippen molar-refractivity contribution in [3.05, 3.63) is 17.8 Å². The van der Waals surface area contributed by atoms with Gasteiger partial charge in [0.1, 0.15) is 5.76 Å². The number of aryl methyl sites for hydroxylation is 1. The van der Waals surface area contributed by atoms with Gasteiger partial charge in [-0.3, -0.25) is 4.79 Å². The average Bonchev–Trinajstić information content (AvgIpc) is 2.63. The van der Waals surface area contributed by atoms with E-state index >= 15 is 0 Å². The Morgan fingerprint density at radius 1 is 1.69 bits per heavy atom. The van der Waals surface area contributed by atoms with E-state index in [0.29, 0.717) is 11.5 Å². The first kappa shape index (κ1) is 8.29. The van der Waals surface area contributed by atoms with Crippen LogP contribution in [-0.2, 0) is 0 Å². The van der Waals surface area contributed by atoms with Gasteiger partial charge >= 0.3 is 0 Å². The van der Waals surface area contributed by atoms with Crippen LogP contribution in [0.5, 0.6) is 0 Å². The Labute approximate surface area is 76.3 Å². The molecular formula is C9H12N2O2. The van der Waals surface area contributed by atoms with E-state index in [2.05, 4.69) is 10.3 Å². The van der Waals surface area contributed by atoms with Gasteiger partial charge in [-0.2, -0.15) is 0 Å². The van der Waals surface area contributed by atoms with Crippen molar-refractivity contribution < 1.29 is 9.21 Å². The Hall–Kier alpha value is -1.32. The second kappa shape index (κ2) is 2.58. The Balaban J connectivity index is 2.09. The highest BCUT2D eigenvalue weighted by molar-refractivity contribution is 5.93. The van der Waals surface area contributed by atoms with Crippen LogP contribution < -0.4 is 5.32 Å². The number of carbonyl (C=O) groups excluding carboxylic acids is 1. The number of hydrogen-bond acceptors (Lipinski definition) is 3. The fraction of sp³-hybridized carbons (Fsp3) is 0.556. The average molecular weight is 180 g/mol. The van der Waals surface area contributed by atoms with Gasteiger partial charge in [0, 0.05) is 5.54 Å². The van der Waals surface area contributed by atoms with E-state index in [0.717, 1.165) is 12.8 Å². The first-order valence-electron chi connectivity index (χ1n) is 4.33. The highest BCUT2D eigenvalue weighted by Crippen LogP contribution is 2.34. The van der Waals surface area contributed by atoms with E-state index in [1.165, 1.54) is 6.39 Å². The van der Waals surface area contributed by atoms with Crippen molar-refractivity contribution >= 4 is 5.91 Å². The number of hydrogen-bond donors (Lipinski definition) is 1. The van der Waals surface area contributed by atoms with Crippen molar-refractivity contribution in [1.29, 1.82) is 0 Å². The molecule has 2 rings (SSSR count). The van der Waals surface area contributed by atoms with Crippen LogP contribution in [0.4, 0.5) is 0 Å². The summed E-state index contributed by atoms with van der Waals surface area (Å²) in [5.41, 5.74) is 0.399. The first-order valence-corrected chi connectivity index (χ1v) is 4.33.